The van der Waals surface area contributed by atoms with E-state index in [1.54, 1.807) is 24.9 Å². The second kappa shape index (κ2) is 7.74. The highest BCUT2D eigenvalue weighted by Gasteiger charge is 2.07. The number of carbonyl (C=O) groups excluding carboxylic acids is 1. The topological polar surface area (TPSA) is 38.3 Å². The maximum absolute atomic E-state index is 12.1. The molecular weight excluding hydrogens is 282 g/mol. The molecule has 4 heteroatoms. The maximum atomic E-state index is 12.1. The molecule has 0 spiro atoms. The van der Waals surface area contributed by atoms with Crippen LogP contribution in [0.4, 0.5) is 0 Å². The zero-order valence-corrected chi connectivity index (χ0v) is 13.1. The summed E-state index contributed by atoms with van der Waals surface area (Å²) in [6.45, 7) is 2.59. The summed E-state index contributed by atoms with van der Waals surface area (Å²) in [7, 11) is 1.61. The molecule has 0 atom stereocenters. The van der Waals surface area contributed by atoms with Crippen molar-refractivity contribution in [3.05, 3.63) is 59.7 Å². The van der Waals surface area contributed by atoms with E-state index in [-0.39, 0.29) is 5.91 Å². The lowest BCUT2D eigenvalue weighted by Crippen LogP contribution is -2.25. The van der Waals surface area contributed by atoms with Gasteiger partial charge in [0.15, 0.2) is 0 Å². The molecule has 0 radical (unpaired) electrons. The smallest absolute Gasteiger partial charge is 0.251 e. The molecule has 0 bridgehead atoms. The highest BCUT2D eigenvalue weighted by atomic mass is 32.2. The molecule has 0 heterocycles. The van der Waals surface area contributed by atoms with Crippen LogP contribution in [0, 0.1) is 6.92 Å². The first kappa shape index (κ1) is 15.4. The van der Waals surface area contributed by atoms with Crippen molar-refractivity contribution >= 4 is 17.7 Å². The largest absolute Gasteiger partial charge is 0.496 e. The van der Waals surface area contributed by atoms with Gasteiger partial charge in [-0.05, 0) is 36.8 Å². The van der Waals surface area contributed by atoms with Gasteiger partial charge >= 0.3 is 0 Å². The van der Waals surface area contributed by atoms with Gasteiger partial charge in [-0.1, -0.05) is 24.3 Å². The Balaban J connectivity index is 1.82. The van der Waals surface area contributed by atoms with E-state index in [1.807, 2.05) is 37.3 Å². The van der Waals surface area contributed by atoms with Crippen molar-refractivity contribution in [2.24, 2.45) is 0 Å². The molecule has 2 aromatic rings. The number of ether oxygens (including phenoxy) is 1. The average Bonchev–Trinajstić information content (AvgIpc) is 2.53. The van der Waals surface area contributed by atoms with Crippen LogP contribution in [0.25, 0.3) is 0 Å². The predicted molar refractivity (Wildman–Crippen MR) is 87.2 cm³/mol. The van der Waals surface area contributed by atoms with Crippen LogP contribution in [0.2, 0.25) is 0 Å². The number of aryl methyl sites for hydroxylation is 1. The molecule has 0 aliphatic rings. The molecular formula is C17H19NO2S. The first-order valence-electron chi connectivity index (χ1n) is 6.81. The summed E-state index contributed by atoms with van der Waals surface area (Å²) in [6, 6.07) is 15.6. The summed E-state index contributed by atoms with van der Waals surface area (Å²) in [6.07, 6.45) is 0. The van der Waals surface area contributed by atoms with Crippen LogP contribution in [-0.4, -0.2) is 25.3 Å². The zero-order chi connectivity index (χ0) is 15.1. The number of carbonyl (C=O) groups is 1. The second-order valence-corrected chi connectivity index (χ2v) is 5.77. The van der Waals surface area contributed by atoms with Crippen molar-refractivity contribution in [3.63, 3.8) is 0 Å². The Morgan fingerprint density at radius 1 is 1.19 bits per heavy atom. The van der Waals surface area contributed by atoms with Gasteiger partial charge in [0, 0.05) is 22.8 Å². The van der Waals surface area contributed by atoms with E-state index in [0.717, 1.165) is 17.1 Å². The Bertz CT molecular complexity index is 599. The molecule has 3 nitrogen and oxygen atoms in total. The minimum absolute atomic E-state index is 0.0676. The average molecular weight is 301 g/mol. The number of nitrogens with one attached hydrogen (secondary N) is 1. The molecule has 0 unspecified atom stereocenters. The highest BCUT2D eigenvalue weighted by Crippen LogP contribution is 2.19. The van der Waals surface area contributed by atoms with Gasteiger partial charge in [-0.2, -0.15) is 0 Å². The molecule has 0 aromatic heterocycles. The Labute approximate surface area is 129 Å². The van der Waals surface area contributed by atoms with Crippen molar-refractivity contribution in [1.29, 1.82) is 0 Å². The van der Waals surface area contributed by atoms with E-state index in [4.69, 9.17) is 4.74 Å². The minimum Gasteiger partial charge on any atom is -0.496 e. The lowest BCUT2D eigenvalue weighted by atomic mass is 10.1. The number of rotatable bonds is 6. The molecule has 1 amide bonds. The van der Waals surface area contributed by atoms with E-state index in [1.165, 1.54) is 4.90 Å². The van der Waals surface area contributed by atoms with Crippen molar-refractivity contribution < 1.29 is 9.53 Å². The van der Waals surface area contributed by atoms with Gasteiger partial charge in [0.2, 0.25) is 0 Å². The quantitative estimate of drug-likeness (QED) is 0.655. The van der Waals surface area contributed by atoms with Crippen LogP contribution >= 0.6 is 11.8 Å². The van der Waals surface area contributed by atoms with Crippen LogP contribution in [0.15, 0.2) is 53.4 Å². The normalized spacial score (nSPS) is 10.2. The number of methoxy groups -OCH3 is 1. The third-order valence-corrected chi connectivity index (χ3v) is 4.08. The molecule has 0 aliphatic carbocycles. The maximum Gasteiger partial charge on any atom is 0.251 e. The Morgan fingerprint density at radius 2 is 1.95 bits per heavy atom. The van der Waals surface area contributed by atoms with Crippen molar-refractivity contribution in [2.75, 3.05) is 19.4 Å². The van der Waals surface area contributed by atoms with Gasteiger partial charge in [-0.3, -0.25) is 4.79 Å². The van der Waals surface area contributed by atoms with Crippen molar-refractivity contribution in [3.8, 4) is 5.75 Å². The molecule has 110 valence electrons. The van der Waals surface area contributed by atoms with E-state index >= 15 is 0 Å². The SMILES string of the molecule is COc1cc(C(=O)NCCSc2ccccc2)ccc1C. The van der Waals surface area contributed by atoms with Crippen LogP contribution in [0.1, 0.15) is 15.9 Å². The lowest BCUT2D eigenvalue weighted by molar-refractivity contribution is 0.0956. The number of benzene rings is 2. The monoisotopic (exact) mass is 301 g/mol. The van der Waals surface area contributed by atoms with E-state index in [9.17, 15) is 4.79 Å². The molecule has 0 fully saturated rings. The van der Waals surface area contributed by atoms with Gasteiger partial charge in [0.25, 0.3) is 5.91 Å². The van der Waals surface area contributed by atoms with Gasteiger partial charge in [-0.15, -0.1) is 11.8 Å². The summed E-state index contributed by atoms with van der Waals surface area (Å²) in [5, 5.41) is 2.92. The van der Waals surface area contributed by atoms with Crippen LogP contribution in [0.3, 0.4) is 0 Å². The fraction of sp³-hybridized carbons (Fsp3) is 0.235. The fourth-order valence-electron chi connectivity index (χ4n) is 1.91. The summed E-state index contributed by atoms with van der Waals surface area (Å²) in [5.74, 6) is 1.52. The predicted octanol–water partition coefficient (Wildman–Crippen LogP) is 3.53. The summed E-state index contributed by atoms with van der Waals surface area (Å²) < 4.78 is 5.24. The zero-order valence-electron chi connectivity index (χ0n) is 12.3. The van der Waals surface area contributed by atoms with Crippen molar-refractivity contribution in [1.82, 2.24) is 5.32 Å². The molecule has 0 saturated carbocycles. The number of thioether (sulfide) groups is 1. The first-order valence-corrected chi connectivity index (χ1v) is 7.80. The fourth-order valence-corrected chi connectivity index (χ4v) is 2.70. The van der Waals surface area contributed by atoms with Gasteiger partial charge in [0.05, 0.1) is 7.11 Å². The minimum atomic E-state index is -0.0676. The summed E-state index contributed by atoms with van der Waals surface area (Å²) in [4.78, 5) is 13.3. The first-order chi connectivity index (χ1) is 10.2. The Hall–Kier alpha value is -1.94. The van der Waals surface area contributed by atoms with Gasteiger partial charge < -0.3 is 10.1 Å². The third kappa shape index (κ3) is 4.53. The number of hydrogen-bond donors (Lipinski definition) is 1. The van der Waals surface area contributed by atoms with E-state index in [2.05, 4.69) is 17.4 Å². The van der Waals surface area contributed by atoms with E-state index < -0.39 is 0 Å². The molecule has 2 rings (SSSR count). The third-order valence-electron chi connectivity index (χ3n) is 3.07. The van der Waals surface area contributed by atoms with Crippen LogP contribution < -0.4 is 10.1 Å². The standard InChI is InChI=1S/C17H19NO2S/c1-13-8-9-14(12-16(13)20-2)17(19)18-10-11-21-15-6-4-3-5-7-15/h3-9,12H,10-11H2,1-2H3,(H,18,19). The number of hydrogen-bond acceptors (Lipinski definition) is 3. The lowest BCUT2D eigenvalue weighted by Gasteiger charge is -2.08. The summed E-state index contributed by atoms with van der Waals surface area (Å²) in [5.41, 5.74) is 1.65. The number of amides is 1. The molecule has 2 aromatic carbocycles. The summed E-state index contributed by atoms with van der Waals surface area (Å²) >= 11 is 1.73. The van der Waals surface area contributed by atoms with Crippen molar-refractivity contribution in [2.45, 2.75) is 11.8 Å². The molecule has 0 aliphatic heterocycles. The molecule has 0 saturated heterocycles. The van der Waals surface area contributed by atoms with E-state index in [0.29, 0.717) is 12.1 Å². The molecule has 1 N–H and O–H groups in total. The van der Waals surface area contributed by atoms with Crippen LogP contribution in [-0.2, 0) is 0 Å². The molecule has 21 heavy (non-hydrogen) atoms. The van der Waals surface area contributed by atoms with Crippen LogP contribution in [0.5, 0.6) is 5.75 Å². The second-order valence-electron chi connectivity index (χ2n) is 4.60. The van der Waals surface area contributed by atoms with Gasteiger partial charge in [-0.25, -0.2) is 0 Å². The highest BCUT2D eigenvalue weighted by molar-refractivity contribution is 7.99. The Kier molecular flexibility index (Phi) is 5.69. The van der Waals surface area contributed by atoms with Gasteiger partial charge in [0.1, 0.15) is 5.75 Å². The Morgan fingerprint density at radius 3 is 2.67 bits per heavy atom.